The first-order valence-corrected chi connectivity index (χ1v) is 9.62. The number of amides is 1. The van der Waals surface area contributed by atoms with Gasteiger partial charge in [-0.05, 0) is 5.56 Å². The minimum atomic E-state index is -3.76. The van der Waals surface area contributed by atoms with Crippen LogP contribution in [0.15, 0.2) is 30.3 Å². The SMILES string of the molecule is O=C([C@@H]1C[C@H](F)CN1S(=O)(=O)Cc1ccccc1)N1CCOCC1. The molecule has 0 unspecified atom stereocenters. The molecular weight excluding hydrogens is 335 g/mol. The highest BCUT2D eigenvalue weighted by Gasteiger charge is 2.45. The zero-order valence-corrected chi connectivity index (χ0v) is 14.1. The number of alkyl halides is 1. The summed E-state index contributed by atoms with van der Waals surface area (Å²) in [7, 11) is -3.76. The Morgan fingerprint density at radius 3 is 2.54 bits per heavy atom. The van der Waals surface area contributed by atoms with Gasteiger partial charge in [-0.3, -0.25) is 4.79 Å². The van der Waals surface area contributed by atoms with Gasteiger partial charge in [-0.1, -0.05) is 30.3 Å². The van der Waals surface area contributed by atoms with Crippen molar-refractivity contribution >= 4 is 15.9 Å². The van der Waals surface area contributed by atoms with E-state index >= 15 is 0 Å². The number of hydrogen-bond acceptors (Lipinski definition) is 4. The molecular formula is C16H21FN2O4S. The molecule has 1 amide bonds. The number of ether oxygens (including phenoxy) is 1. The van der Waals surface area contributed by atoms with E-state index in [0.29, 0.717) is 31.9 Å². The van der Waals surface area contributed by atoms with Gasteiger partial charge in [0.2, 0.25) is 15.9 Å². The first-order valence-electron chi connectivity index (χ1n) is 8.01. The van der Waals surface area contributed by atoms with Gasteiger partial charge in [-0.2, -0.15) is 4.31 Å². The molecule has 0 radical (unpaired) electrons. The predicted octanol–water partition coefficient (Wildman–Crippen LogP) is 0.788. The molecule has 2 aliphatic rings. The summed E-state index contributed by atoms with van der Waals surface area (Å²) in [6.07, 6.45) is -1.39. The molecule has 3 rings (SSSR count). The molecule has 0 aliphatic carbocycles. The molecule has 1 aromatic carbocycles. The summed E-state index contributed by atoms with van der Waals surface area (Å²) in [4.78, 5) is 14.2. The number of nitrogens with zero attached hydrogens (tertiary/aromatic N) is 2. The molecule has 0 saturated carbocycles. The monoisotopic (exact) mass is 356 g/mol. The van der Waals surface area contributed by atoms with Crippen LogP contribution in [-0.2, 0) is 25.3 Å². The normalized spacial score (nSPS) is 25.8. The van der Waals surface area contributed by atoms with E-state index in [-0.39, 0.29) is 24.6 Å². The zero-order valence-electron chi connectivity index (χ0n) is 13.3. The number of carbonyl (C=O) groups is 1. The van der Waals surface area contributed by atoms with Gasteiger partial charge in [0.05, 0.1) is 19.0 Å². The number of halogens is 1. The molecule has 2 fully saturated rings. The smallest absolute Gasteiger partial charge is 0.241 e. The molecule has 0 bridgehead atoms. The van der Waals surface area contributed by atoms with Crippen LogP contribution >= 0.6 is 0 Å². The Labute approximate surface area is 141 Å². The third-order valence-corrected chi connectivity index (χ3v) is 6.18. The lowest BCUT2D eigenvalue weighted by Gasteiger charge is -2.32. The molecule has 6 nitrogen and oxygen atoms in total. The van der Waals surface area contributed by atoms with Crippen LogP contribution in [0.3, 0.4) is 0 Å². The molecule has 0 spiro atoms. The summed E-state index contributed by atoms with van der Waals surface area (Å²) < 4.78 is 45.6. The standard InChI is InChI=1S/C16H21FN2O4S/c17-14-10-15(16(20)18-6-8-23-9-7-18)19(11-14)24(21,22)12-13-4-2-1-3-5-13/h1-5,14-15H,6-12H2/t14-,15-/m0/s1. The molecule has 24 heavy (non-hydrogen) atoms. The van der Waals surface area contributed by atoms with Crippen molar-refractivity contribution in [2.24, 2.45) is 0 Å². The van der Waals surface area contributed by atoms with Crippen molar-refractivity contribution in [1.29, 1.82) is 0 Å². The highest BCUT2D eigenvalue weighted by atomic mass is 32.2. The summed E-state index contributed by atoms with van der Waals surface area (Å²) >= 11 is 0. The Morgan fingerprint density at radius 1 is 1.21 bits per heavy atom. The first-order chi connectivity index (χ1) is 11.5. The zero-order chi connectivity index (χ0) is 17.2. The average molecular weight is 356 g/mol. The van der Waals surface area contributed by atoms with Crippen LogP contribution < -0.4 is 0 Å². The van der Waals surface area contributed by atoms with Gasteiger partial charge in [0.25, 0.3) is 0 Å². The molecule has 0 aromatic heterocycles. The number of morpholine rings is 1. The minimum absolute atomic E-state index is 0.0792. The third kappa shape index (κ3) is 3.76. The van der Waals surface area contributed by atoms with Gasteiger partial charge in [0.1, 0.15) is 12.2 Å². The van der Waals surface area contributed by atoms with E-state index in [1.165, 1.54) is 0 Å². The van der Waals surface area contributed by atoms with Gasteiger partial charge in [-0.15, -0.1) is 0 Å². The van der Waals surface area contributed by atoms with Crippen LogP contribution in [0.25, 0.3) is 0 Å². The van der Waals surface area contributed by atoms with Gasteiger partial charge in [0.15, 0.2) is 0 Å². The lowest BCUT2D eigenvalue weighted by Crippen LogP contribution is -2.51. The van der Waals surface area contributed by atoms with E-state index in [0.717, 1.165) is 4.31 Å². The predicted molar refractivity (Wildman–Crippen MR) is 86.5 cm³/mol. The molecule has 2 heterocycles. The Hall–Kier alpha value is -1.51. The van der Waals surface area contributed by atoms with Gasteiger partial charge in [0, 0.05) is 26.1 Å². The topological polar surface area (TPSA) is 66.9 Å². The Balaban J connectivity index is 1.77. The number of hydrogen-bond donors (Lipinski definition) is 0. The van der Waals surface area contributed by atoms with Crippen LogP contribution in [0.5, 0.6) is 0 Å². The van der Waals surface area contributed by atoms with E-state index in [1.54, 1.807) is 35.2 Å². The Kier molecular flexibility index (Phi) is 5.17. The van der Waals surface area contributed by atoms with Crippen molar-refractivity contribution in [3.63, 3.8) is 0 Å². The summed E-state index contributed by atoms with van der Waals surface area (Å²) in [6.45, 7) is 1.43. The molecule has 132 valence electrons. The van der Waals surface area contributed by atoms with E-state index in [2.05, 4.69) is 0 Å². The number of sulfonamides is 1. The van der Waals surface area contributed by atoms with Gasteiger partial charge in [-0.25, -0.2) is 12.8 Å². The van der Waals surface area contributed by atoms with Crippen molar-refractivity contribution in [3.8, 4) is 0 Å². The van der Waals surface area contributed by atoms with Crippen LogP contribution in [0.2, 0.25) is 0 Å². The lowest BCUT2D eigenvalue weighted by atomic mass is 10.2. The summed E-state index contributed by atoms with van der Waals surface area (Å²) in [5.41, 5.74) is 0.623. The van der Waals surface area contributed by atoms with Crippen molar-refractivity contribution in [1.82, 2.24) is 9.21 Å². The maximum atomic E-state index is 13.9. The third-order valence-electron chi connectivity index (χ3n) is 4.36. The molecule has 2 atom stereocenters. The van der Waals surface area contributed by atoms with Crippen molar-refractivity contribution < 1.29 is 22.3 Å². The van der Waals surface area contributed by atoms with Crippen molar-refractivity contribution in [2.45, 2.75) is 24.4 Å². The van der Waals surface area contributed by atoms with E-state index in [1.807, 2.05) is 0 Å². The number of rotatable bonds is 4. The second-order valence-corrected chi connectivity index (χ2v) is 8.02. The molecule has 2 saturated heterocycles. The van der Waals surface area contributed by atoms with Crippen LogP contribution in [0.1, 0.15) is 12.0 Å². The molecule has 8 heteroatoms. The quantitative estimate of drug-likeness (QED) is 0.800. The van der Waals surface area contributed by atoms with Crippen LogP contribution in [0, 0.1) is 0 Å². The Bertz CT molecular complexity index is 677. The van der Waals surface area contributed by atoms with E-state index < -0.39 is 22.2 Å². The summed E-state index contributed by atoms with van der Waals surface area (Å²) in [6, 6.07) is 7.77. The van der Waals surface area contributed by atoms with Gasteiger partial charge < -0.3 is 9.64 Å². The largest absolute Gasteiger partial charge is 0.378 e. The average Bonchev–Trinajstić information content (AvgIpc) is 2.98. The first kappa shape index (κ1) is 17.3. The molecule has 2 aliphatic heterocycles. The molecule has 0 N–H and O–H groups in total. The van der Waals surface area contributed by atoms with Crippen LogP contribution in [-0.4, -0.2) is 68.6 Å². The number of carbonyl (C=O) groups excluding carboxylic acids is 1. The second kappa shape index (κ2) is 7.16. The fourth-order valence-corrected chi connectivity index (χ4v) is 4.88. The highest BCUT2D eigenvalue weighted by molar-refractivity contribution is 7.88. The Morgan fingerprint density at radius 2 is 1.88 bits per heavy atom. The highest BCUT2D eigenvalue weighted by Crippen LogP contribution is 2.27. The van der Waals surface area contributed by atoms with Gasteiger partial charge >= 0.3 is 0 Å². The summed E-state index contributed by atoms with van der Waals surface area (Å²) in [5.74, 6) is -0.553. The summed E-state index contributed by atoms with van der Waals surface area (Å²) in [5, 5.41) is 0. The minimum Gasteiger partial charge on any atom is -0.378 e. The van der Waals surface area contributed by atoms with E-state index in [9.17, 15) is 17.6 Å². The lowest BCUT2D eigenvalue weighted by molar-refractivity contribution is -0.138. The molecule has 1 aromatic rings. The van der Waals surface area contributed by atoms with E-state index in [4.69, 9.17) is 4.74 Å². The van der Waals surface area contributed by atoms with Crippen molar-refractivity contribution in [2.75, 3.05) is 32.8 Å². The fraction of sp³-hybridized carbons (Fsp3) is 0.562. The van der Waals surface area contributed by atoms with Crippen LogP contribution in [0.4, 0.5) is 4.39 Å². The number of benzene rings is 1. The second-order valence-electron chi connectivity index (χ2n) is 6.10. The maximum absolute atomic E-state index is 13.9. The maximum Gasteiger partial charge on any atom is 0.241 e. The fourth-order valence-electron chi connectivity index (χ4n) is 3.15. The van der Waals surface area contributed by atoms with Crippen molar-refractivity contribution in [3.05, 3.63) is 35.9 Å².